The van der Waals surface area contributed by atoms with Crippen LogP contribution in [0.1, 0.15) is 35.2 Å². The number of benzene rings is 1. The van der Waals surface area contributed by atoms with E-state index in [9.17, 15) is 4.79 Å². The lowest BCUT2D eigenvalue weighted by atomic mass is 10.1. The van der Waals surface area contributed by atoms with E-state index in [0.29, 0.717) is 24.6 Å². The quantitative estimate of drug-likeness (QED) is 0.623. The normalized spacial score (nSPS) is 13.7. The van der Waals surface area contributed by atoms with Gasteiger partial charge in [0.2, 0.25) is 0 Å². The molecule has 1 fully saturated rings. The minimum Gasteiger partial charge on any atom is -0.335 e. The molecule has 0 atom stereocenters. The number of anilines is 1. The maximum atomic E-state index is 12.4. The van der Waals surface area contributed by atoms with Crippen LogP contribution in [0.3, 0.4) is 0 Å². The Labute approximate surface area is 113 Å². The Morgan fingerprint density at radius 2 is 2.32 bits per heavy atom. The van der Waals surface area contributed by atoms with Crippen LogP contribution < -0.4 is 11.3 Å². The Morgan fingerprint density at radius 1 is 1.58 bits per heavy atom. The highest BCUT2D eigenvalue weighted by Gasteiger charge is 2.32. The minimum absolute atomic E-state index is 0.00409. The summed E-state index contributed by atoms with van der Waals surface area (Å²) in [5, 5.41) is 8.67. The van der Waals surface area contributed by atoms with Crippen LogP contribution in [0.5, 0.6) is 0 Å². The molecular formula is C14H18N4O. The smallest absolute Gasteiger partial charge is 0.254 e. The molecule has 1 aromatic rings. The Bertz CT molecular complexity index is 517. The molecule has 0 unspecified atom stereocenters. The van der Waals surface area contributed by atoms with Gasteiger partial charge in [0, 0.05) is 18.2 Å². The van der Waals surface area contributed by atoms with Crippen LogP contribution >= 0.6 is 0 Å². The number of aryl methyl sites for hydroxylation is 1. The molecule has 1 saturated carbocycles. The predicted molar refractivity (Wildman–Crippen MR) is 73.3 cm³/mol. The molecule has 1 amide bonds. The first-order valence-electron chi connectivity index (χ1n) is 6.42. The van der Waals surface area contributed by atoms with Crippen molar-refractivity contribution in [2.24, 2.45) is 5.84 Å². The van der Waals surface area contributed by atoms with Crippen LogP contribution in [-0.2, 0) is 0 Å². The number of hydrazine groups is 1. The number of nitrogens with two attached hydrogens (primary N) is 1. The zero-order valence-corrected chi connectivity index (χ0v) is 11.0. The molecule has 100 valence electrons. The summed E-state index contributed by atoms with van der Waals surface area (Å²) in [6.07, 6.45) is 2.46. The molecule has 19 heavy (non-hydrogen) atoms. The molecule has 0 spiro atoms. The maximum Gasteiger partial charge on any atom is 0.254 e. The third-order valence-corrected chi connectivity index (χ3v) is 3.34. The van der Waals surface area contributed by atoms with E-state index in [1.54, 1.807) is 12.1 Å². The summed E-state index contributed by atoms with van der Waals surface area (Å²) in [7, 11) is 0. The summed E-state index contributed by atoms with van der Waals surface area (Å²) in [6.45, 7) is 2.42. The number of carbonyl (C=O) groups excluding carboxylic acids is 1. The summed E-state index contributed by atoms with van der Waals surface area (Å²) >= 11 is 0. The zero-order chi connectivity index (χ0) is 13.8. The number of hydrogen-bond donors (Lipinski definition) is 2. The topological polar surface area (TPSA) is 82.2 Å². The van der Waals surface area contributed by atoms with Crippen LogP contribution in [0, 0.1) is 18.3 Å². The van der Waals surface area contributed by atoms with E-state index in [2.05, 4.69) is 11.5 Å². The van der Waals surface area contributed by atoms with Gasteiger partial charge in [-0.2, -0.15) is 5.26 Å². The molecule has 2 rings (SSSR count). The molecule has 0 bridgehead atoms. The zero-order valence-electron chi connectivity index (χ0n) is 11.0. The highest BCUT2D eigenvalue weighted by atomic mass is 16.2. The number of hydrogen-bond acceptors (Lipinski definition) is 4. The Balaban J connectivity index is 2.17. The number of nitrogens with one attached hydrogen (secondary N) is 1. The van der Waals surface area contributed by atoms with E-state index < -0.39 is 0 Å². The lowest BCUT2D eigenvalue weighted by Gasteiger charge is -2.21. The van der Waals surface area contributed by atoms with Crippen molar-refractivity contribution in [1.29, 1.82) is 5.26 Å². The molecule has 5 nitrogen and oxygen atoms in total. The van der Waals surface area contributed by atoms with E-state index in [1.807, 2.05) is 17.9 Å². The second kappa shape index (κ2) is 5.72. The second-order valence-corrected chi connectivity index (χ2v) is 4.81. The van der Waals surface area contributed by atoms with Gasteiger partial charge in [-0.15, -0.1) is 0 Å². The Hall–Kier alpha value is -2.06. The third-order valence-electron chi connectivity index (χ3n) is 3.34. The standard InChI is InChI=1S/C14H18N4O/c1-10-9-11(3-6-13(10)17-16)14(19)18(8-2-7-15)12-4-5-12/h3,6,9,12,17H,2,4-5,8,16H2,1H3. The van der Waals surface area contributed by atoms with Gasteiger partial charge in [0.15, 0.2) is 0 Å². The summed E-state index contributed by atoms with van der Waals surface area (Å²) in [6, 6.07) is 7.82. The molecule has 0 aromatic heterocycles. The van der Waals surface area contributed by atoms with Crippen molar-refractivity contribution < 1.29 is 4.79 Å². The van der Waals surface area contributed by atoms with Crippen LogP contribution in [-0.4, -0.2) is 23.4 Å². The van der Waals surface area contributed by atoms with E-state index >= 15 is 0 Å². The van der Waals surface area contributed by atoms with E-state index in [4.69, 9.17) is 11.1 Å². The molecule has 1 aliphatic carbocycles. The van der Waals surface area contributed by atoms with Gasteiger partial charge in [-0.05, 0) is 43.5 Å². The van der Waals surface area contributed by atoms with Crippen molar-refractivity contribution in [2.75, 3.05) is 12.0 Å². The van der Waals surface area contributed by atoms with E-state index in [0.717, 1.165) is 24.1 Å². The van der Waals surface area contributed by atoms with Crippen LogP contribution in [0.25, 0.3) is 0 Å². The lowest BCUT2D eigenvalue weighted by Crippen LogP contribution is -2.34. The molecule has 1 aromatic carbocycles. The van der Waals surface area contributed by atoms with Crippen molar-refractivity contribution in [3.63, 3.8) is 0 Å². The first kappa shape index (κ1) is 13.4. The van der Waals surface area contributed by atoms with Crippen LogP contribution in [0.4, 0.5) is 5.69 Å². The average molecular weight is 258 g/mol. The molecule has 1 aliphatic rings. The third kappa shape index (κ3) is 3.04. The lowest BCUT2D eigenvalue weighted by molar-refractivity contribution is 0.0747. The summed E-state index contributed by atoms with van der Waals surface area (Å²) < 4.78 is 0. The number of rotatable bonds is 5. The van der Waals surface area contributed by atoms with Crippen LogP contribution in [0.2, 0.25) is 0 Å². The Kier molecular flexibility index (Phi) is 4.03. The monoisotopic (exact) mass is 258 g/mol. The van der Waals surface area contributed by atoms with Crippen LogP contribution in [0.15, 0.2) is 18.2 Å². The molecule has 0 radical (unpaired) electrons. The fourth-order valence-electron chi connectivity index (χ4n) is 2.13. The van der Waals surface area contributed by atoms with Gasteiger partial charge in [0.25, 0.3) is 5.91 Å². The van der Waals surface area contributed by atoms with Gasteiger partial charge in [0.1, 0.15) is 0 Å². The second-order valence-electron chi connectivity index (χ2n) is 4.81. The first-order chi connectivity index (χ1) is 9.17. The molecule has 0 heterocycles. The first-order valence-corrected chi connectivity index (χ1v) is 6.42. The van der Waals surface area contributed by atoms with Gasteiger partial charge in [-0.25, -0.2) is 0 Å². The predicted octanol–water partition coefficient (Wildman–Crippen LogP) is 1.80. The molecule has 3 N–H and O–H groups in total. The fraction of sp³-hybridized carbons (Fsp3) is 0.429. The van der Waals surface area contributed by atoms with Gasteiger partial charge < -0.3 is 10.3 Å². The van der Waals surface area contributed by atoms with Gasteiger partial charge in [0.05, 0.1) is 18.2 Å². The number of amides is 1. The molecular weight excluding hydrogens is 240 g/mol. The van der Waals surface area contributed by atoms with Crippen molar-refractivity contribution >= 4 is 11.6 Å². The SMILES string of the molecule is Cc1cc(C(=O)N(CCC#N)C2CC2)ccc1NN. The minimum atomic E-state index is 0.00409. The summed E-state index contributed by atoms with van der Waals surface area (Å²) in [4.78, 5) is 14.3. The average Bonchev–Trinajstić information content (AvgIpc) is 3.23. The van der Waals surface area contributed by atoms with E-state index in [-0.39, 0.29) is 5.91 Å². The molecule has 0 aliphatic heterocycles. The molecule has 0 saturated heterocycles. The summed E-state index contributed by atoms with van der Waals surface area (Å²) in [5.41, 5.74) is 4.99. The number of carbonyl (C=O) groups is 1. The maximum absolute atomic E-state index is 12.4. The van der Waals surface area contributed by atoms with Gasteiger partial charge in [-0.3, -0.25) is 10.6 Å². The fourth-order valence-corrected chi connectivity index (χ4v) is 2.13. The number of nitrogens with zero attached hydrogens (tertiary/aromatic N) is 2. The highest BCUT2D eigenvalue weighted by Crippen LogP contribution is 2.29. The van der Waals surface area contributed by atoms with Crippen molar-refractivity contribution in [1.82, 2.24) is 4.90 Å². The highest BCUT2D eigenvalue weighted by molar-refractivity contribution is 5.95. The van der Waals surface area contributed by atoms with Crippen molar-refractivity contribution in [2.45, 2.75) is 32.2 Å². The van der Waals surface area contributed by atoms with Crippen molar-refractivity contribution in [3.05, 3.63) is 29.3 Å². The molecule has 5 heteroatoms. The van der Waals surface area contributed by atoms with E-state index in [1.165, 1.54) is 0 Å². The van der Waals surface area contributed by atoms with Gasteiger partial charge in [-0.1, -0.05) is 0 Å². The summed E-state index contributed by atoms with van der Waals surface area (Å²) in [5.74, 6) is 5.38. The van der Waals surface area contributed by atoms with Crippen molar-refractivity contribution in [3.8, 4) is 6.07 Å². The largest absolute Gasteiger partial charge is 0.335 e. The number of nitrogen functional groups attached to an aromatic ring is 1. The Morgan fingerprint density at radius 3 is 2.84 bits per heavy atom. The van der Waals surface area contributed by atoms with Gasteiger partial charge >= 0.3 is 0 Å². The number of nitriles is 1.